The van der Waals surface area contributed by atoms with E-state index < -0.39 is 0 Å². The molecule has 0 saturated heterocycles. The molecule has 5 heteroatoms. The molecule has 0 bridgehead atoms. The van der Waals surface area contributed by atoms with E-state index in [0.717, 1.165) is 12.2 Å². The number of amides is 1. The zero-order valence-electron chi connectivity index (χ0n) is 10.1. The zero-order valence-corrected chi connectivity index (χ0v) is 10.1. The predicted octanol–water partition coefficient (Wildman–Crippen LogP) is 1.10. The highest BCUT2D eigenvalue weighted by Gasteiger charge is 2.30. The molecule has 0 aliphatic heterocycles. The van der Waals surface area contributed by atoms with Crippen LogP contribution < -0.4 is 11.1 Å². The molecule has 94 valence electrons. The fourth-order valence-corrected chi connectivity index (χ4v) is 1.99. The van der Waals surface area contributed by atoms with E-state index in [9.17, 15) is 4.79 Å². The van der Waals surface area contributed by atoms with Gasteiger partial charge in [-0.25, -0.2) is 4.98 Å². The second-order valence-corrected chi connectivity index (χ2v) is 4.71. The van der Waals surface area contributed by atoms with Crippen LogP contribution in [-0.4, -0.2) is 21.9 Å². The maximum Gasteiger partial charge on any atom is 0.222 e. The number of carbonyl (C=O) groups excluding carboxylic acids is 1. The van der Waals surface area contributed by atoms with Gasteiger partial charge in [-0.2, -0.15) is 0 Å². The van der Waals surface area contributed by atoms with Gasteiger partial charge in [0.05, 0.1) is 6.04 Å². The van der Waals surface area contributed by atoms with E-state index in [1.807, 2.05) is 6.92 Å². The number of nitrogens with zero attached hydrogens (tertiary/aromatic N) is 1. The molecular formula is C12H20N4O. The molecule has 1 aromatic heterocycles. The molecule has 1 aromatic rings. The normalized spacial score (nSPS) is 18.7. The Morgan fingerprint density at radius 2 is 2.47 bits per heavy atom. The monoisotopic (exact) mass is 236 g/mol. The molecule has 2 atom stereocenters. The lowest BCUT2D eigenvalue weighted by Crippen LogP contribution is -2.35. The molecule has 2 unspecified atom stereocenters. The molecule has 4 N–H and O–H groups in total. The number of carbonyl (C=O) groups is 1. The number of H-pyrrole nitrogens is 1. The number of nitrogens with two attached hydrogens (primary N) is 1. The second kappa shape index (κ2) is 5.31. The van der Waals surface area contributed by atoms with Crippen molar-refractivity contribution in [3.63, 3.8) is 0 Å². The first-order chi connectivity index (χ1) is 8.20. The summed E-state index contributed by atoms with van der Waals surface area (Å²) in [7, 11) is 0. The molecule has 1 aliphatic rings. The molecule has 17 heavy (non-hydrogen) atoms. The Balaban J connectivity index is 1.83. The average Bonchev–Trinajstić information content (AvgIpc) is 3.03. The van der Waals surface area contributed by atoms with E-state index in [-0.39, 0.29) is 18.0 Å². The highest BCUT2D eigenvalue weighted by atomic mass is 16.1. The molecule has 1 heterocycles. The standard InChI is InChI=1S/C12H20N4O/c1-2-10(12-14-5-6-15-12)16-11(17)7-9(13)8-3-4-8/h5-6,8-10H,2-4,7,13H2,1H3,(H,14,15)(H,16,17). The van der Waals surface area contributed by atoms with Crippen molar-refractivity contribution in [3.05, 3.63) is 18.2 Å². The SMILES string of the molecule is CCC(NC(=O)CC(N)C1CC1)c1ncc[nH]1. The minimum Gasteiger partial charge on any atom is -0.347 e. The number of aromatic amines is 1. The fraction of sp³-hybridized carbons (Fsp3) is 0.667. The van der Waals surface area contributed by atoms with Gasteiger partial charge >= 0.3 is 0 Å². The smallest absolute Gasteiger partial charge is 0.222 e. The summed E-state index contributed by atoms with van der Waals surface area (Å²) in [6.07, 6.45) is 7.04. The van der Waals surface area contributed by atoms with Gasteiger partial charge < -0.3 is 16.0 Å². The average molecular weight is 236 g/mol. The maximum absolute atomic E-state index is 11.8. The summed E-state index contributed by atoms with van der Waals surface area (Å²) >= 11 is 0. The molecule has 5 nitrogen and oxygen atoms in total. The van der Waals surface area contributed by atoms with Crippen molar-refractivity contribution in [3.8, 4) is 0 Å². The first kappa shape index (κ1) is 12.1. The third-order valence-electron chi connectivity index (χ3n) is 3.24. The van der Waals surface area contributed by atoms with E-state index in [1.165, 1.54) is 12.8 Å². The zero-order chi connectivity index (χ0) is 12.3. The van der Waals surface area contributed by atoms with Crippen LogP contribution >= 0.6 is 0 Å². The van der Waals surface area contributed by atoms with Gasteiger partial charge in [0.1, 0.15) is 5.82 Å². The quantitative estimate of drug-likeness (QED) is 0.691. The Labute approximate surface area is 101 Å². The van der Waals surface area contributed by atoms with Crippen LogP contribution in [0.25, 0.3) is 0 Å². The van der Waals surface area contributed by atoms with Gasteiger partial charge in [-0.15, -0.1) is 0 Å². The summed E-state index contributed by atoms with van der Waals surface area (Å²) in [5.74, 6) is 1.39. The molecule has 1 amide bonds. The van der Waals surface area contributed by atoms with Crippen LogP contribution in [0.1, 0.15) is 44.5 Å². The number of hydrogen-bond donors (Lipinski definition) is 3. The van der Waals surface area contributed by atoms with E-state index >= 15 is 0 Å². The summed E-state index contributed by atoms with van der Waals surface area (Å²) in [6.45, 7) is 2.02. The van der Waals surface area contributed by atoms with Gasteiger partial charge in [0.2, 0.25) is 5.91 Å². The van der Waals surface area contributed by atoms with Crippen LogP contribution in [0.2, 0.25) is 0 Å². The van der Waals surface area contributed by atoms with Crippen molar-refractivity contribution >= 4 is 5.91 Å². The van der Waals surface area contributed by atoms with Crippen LogP contribution in [-0.2, 0) is 4.79 Å². The van der Waals surface area contributed by atoms with Crippen molar-refractivity contribution in [2.24, 2.45) is 11.7 Å². The molecule has 0 aromatic carbocycles. The molecular weight excluding hydrogens is 216 g/mol. The minimum atomic E-state index is -0.0381. The first-order valence-corrected chi connectivity index (χ1v) is 6.25. The summed E-state index contributed by atoms with van der Waals surface area (Å²) in [6, 6.07) is -0.0204. The largest absolute Gasteiger partial charge is 0.347 e. The lowest BCUT2D eigenvalue weighted by atomic mass is 10.1. The van der Waals surface area contributed by atoms with E-state index in [0.29, 0.717) is 12.3 Å². The van der Waals surface area contributed by atoms with E-state index in [1.54, 1.807) is 12.4 Å². The van der Waals surface area contributed by atoms with Crippen LogP contribution in [0, 0.1) is 5.92 Å². The Morgan fingerprint density at radius 1 is 1.71 bits per heavy atom. The van der Waals surface area contributed by atoms with Crippen molar-refractivity contribution in [1.29, 1.82) is 0 Å². The molecule has 2 rings (SSSR count). The highest BCUT2D eigenvalue weighted by Crippen LogP contribution is 2.32. The van der Waals surface area contributed by atoms with Crippen LogP contribution in [0.15, 0.2) is 12.4 Å². The van der Waals surface area contributed by atoms with Gasteiger partial charge in [0.25, 0.3) is 0 Å². The Bertz CT molecular complexity index is 359. The number of rotatable bonds is 6. The van der Waals surface area contributed by atoms with Crippen LogP contribution in [0.5, 0.6) is 0 Å². The third kappa shape index (κ3) is 3.30. The number of aromatic nitrogens is 2. The van der Waals surface area contributed by atoms with Crippen molar-refractivity contribution in [1.82, 2.24) is 15.3 Å². The topological polar surface area (TPSA) is 83.8 Å². The number of hydrogen-bond acceptors (Lipinski definition) is 3. The lowest BCUT2D eigenvalue weighted by Gasteiger charge is -2.16. The van der Waals surface area contributed by atoms with Crippen molar-refractivity contribution < 1.29 is 4.79 Å². The fourth-order valence-electron chi connectivity index (χ4n) is 1.99. The van der Waals surface area contributed by atoms with E-state index in [4.69, 9.17) is 5.73 Å². The highest BCUT2D eigenvalue weighted by molar-refractivity contribution is 5.77. The van der Waals surface area contributed by atoms with Crippen molar-refractivity contribution in [2.75, 3.05) is 0 Å². The van der Waals surface area contributed by atoms with Gasteiger partial charge in [-0.1, -0.05) is 6.92 Å². The molecule has 0 radical (unpaired) electrons. The maximum atomic E-state index is 11.8. The van der Waals surface area contributed by atoms with Crippen LogP contribution in [0.4, 0.5) is 0 Å². The Hall–Kier alpha value is -1.36. The summed E-state index contributed by atoms with van der Waals surface area (Å²) in [5, 5.41) is 2.97. The summed E-state index contributed by atoms with van der Waals surface area (Å²) in [5.41, 5.74) is 5.93. The predicted molar refractivity (Wildman–Crippen MR) is 65.1 cm³/mol. The van der Waals surface area contributed by atoms with Crippen LogP contribution in [0.3, 0.4) is 0 Å². The Morgan fingerprint density at radius 3 is 3.00 bits per heavy atom. The van der Waals surface area contributed by atoms with Crippen molar-refractivity contribution in [2.45, 2.75) is 44.7 Å². The molecule has 1 aliphatic carbocycles. The summed E-state index contributed by atoms with van der Waals surface area (Å²) < 4.78 is 0. The molecule has 1 saturated carbocycles. The lowest BCUT2D eigenvalue weighted by molar-refractivity contribution is -0.122. The molecule has 1 fully saturated rings. The Kier molecular flexibility index (Phi) is 3.78. The number of nitrogens with one attached hydrogen (secondary N) is 2. The van der Waals surface area contributed by atoms with E-state index in [2.05, 4.69) is 15.3 Å². The second-order valence-electron chi connectivity index (χ2n) is 4.71. The van der Waals surface area contributed by atoms with Gasteiger partial charge in [-0.3, -0.25) is 4.79 Å². The summed E-state index contributed by atoms with van der Waals surface area (Å²) in [4.78, 5) is 19.0. The third-order valence-corrected chi connectivity index (χ3v) is 3.24. The first-order valence-electron chi connectivity index (χ1n) is 6.25. The number of imidazole rings is 1. The van der Waals surface area contributed by atoms with Gasteiger partial charge in [0.15, 0.2) is 0 Å². The molecule has 0 spiro atoms. The van der Waals surface area contributed by atoms with Gasteiger partial charge in [0, 0.05) is 24.9 Å². The van der Waals surface area contributed by atoms with Gasteiger partial charge in [-0.05, 0) is 25.2 Å². The minimum absolute atomic E-state index is 0.0177.